The zero-order valence-electron chi connectivity index (χ0n) is 22.6. The first kappa shape index (κ1) is 26.4. The van der Waals surface area contributed by atoms with E-state index in [2.05, 4.69) is 0 Å². The van der Waals surface area contributed by atoms with E-state index < -0.39 is 40.4 Å². The fourth-order valence-corrected chi connectivity index (χ4v) is 6.55. The van der Waals surface area contributed by atoms with Crippen molar-refractivity contribution in [3.05, 3.63) is 63.9 Å². The smallest absolute Gasteiger partial charge is 0.176 e. The molecule has 0 amide bonds. The van der Waals surface area contributed by atoms with Crippen LogP contribution in [0.4, 0.5) is 5.69 Å². The summed E-state index contributed by atoms with van der Waals surface area (Å²) in [7, 11) is 3.70. The van der Waals surface area contributed by atoms with Crippen LogP contribution >= 0.6 is 0 Å². The van der Waals surface area contributed by atoms with Crippen LogP contribution in [0.3, 0.4) is 0 Å². The number of Topliss-reactive ketones (excluding diaryl/α,β-unsaturated/α-hetero) is 4. The molecule has 3 aliphatic rings. The third-order valence-electron chi connectivity index (χ3n) is 8.71. The zero-order valence-corrected chi connectivity index (χ0v) is 22.6. The summed E-state index contributed by atoms with van der Waals surface area (Å²) in [4.78, 5) is 52.5. The number of benzene rings is 2. The molecule has 0 saturated heterocycles. The van der Waals surface area contributed by atoms with Gasteiger partial charge in [-0.25, -0.2) is 0 Å². The van der Waals surface area contributed by atoms with E-state index in [9.17, 15) is 34.5 Å². The number of hydrogen-bond acceptors (Lipinski definition) is 8. The topological polar surface area (TPSA) is 132 Å². The Kier molecular flexibility index (Phi) is 6.05. The van der Waals surface area contributed by atoms with E-state index >= 15 is 0 Å². The van der Waals surface area contributed by atoms with Gasteiger partial charge in [-0.1, -0.05) is 24.3 Å². The average Bonchev–Trinajstić information content (AvgIpc) is 2.86. The van der Waals surface area contributed by atoms with Gasteiger partial charge in [0.2, 0.25) is 0 Å². The van der Waals surface area contributed by atoms with Gasteiger partial charge in [0.1, 0.15) is 17.3 Å². The predicted octanol–water partition coefficient (Wildman–Crippen LogP) is 4.74. The van der Waals surface area contributed by atoms with Crippen LogP contribution in [0, 0.1) is 17.3 Å². The van der Waals surface area contributed by atoms with E-state index in [1.807, 2.05) is 25.1 Å². The number of aliphatic hydroxyl groups is 2. The molecule has 0 aliphatic heterocycles. The highest BCUT2D eigenvalue weighted by atomic mass is 16.3. The van der Waals surface area contributed by atoms with Crippen molar-refractivity contribution in [2.24, 2.45) is 17.3 Å². The highest BCUT2D eigenvalue weighted by Crippen LogP contribution is 2.57. The maximum Gasteiger partial charge on any atom is 0.176 e. The first-order chi connectivity index (χ1) is 18.3. The summed E-state index contributed by atoms with van der Waals surface area (Å²) in [5.74, 6) is -3.76. The number of carbonyl (C=O) groups excluding carboxylic acids is 4. The molecule has 1 fully saturated rings. The molecule has 8 heteroatoms. The Morgan fingerprint density at radius 3 is 2.18 bits per heavy atom. The second-order valence-electron chi connectivity index (χ2n) is 11.2. The number of aromatic hydroxyl groups is 1. The van der Waals surface area contributed by atoms with Crippen molar-refractivity contribution in [3.63, 3.8) is 0 Å². The number of allylic oxidation sites excluding steroid dienone is 3. The van der Waals surface area contributed by atoms with E-state index in [0.29, 0.717) is 35.1 Å². The highest BCUT2D eigenvalue weighted by molar-refractivity contribution is 6.22. The van der Waals surface area contributed by atoms with Crippen LogP contribution in [-0.2, 0) is 20.8 Å². The fraction of sp³-hybridized carbons (Fsp3) is 0.355. The van der Waals surface area contributed by atoms with E-state index in [-0.39, 0.29) is 40.4 Å². The van der Waals surface area contributed by atoms with Crippen LogP contribution in [0.15, 0.2) is 47.2 Å². The van der Waals surface area contributed by atoms with Gasteiger partial charge in [-0.3, -0.25) is 19.2 Å². The van der Waals surface area contributed by atoms with Gasteiger partial charge in [-0.05, 0) is 62.6 Å². The molecule has 0 bridgehead atoms. The Balaban J connectivity index is 1.73. The SMILES string of the molecule is CC(=O)C1=C(O)[C@@]2(C)C(=O)C3=C(O)c4c(O)c(-c5ccc(C(C)=O)cc5)cc(N(C)C)c4C[C@H]3C[C@H]2CC1=O. The number of carbonyl (C=O) groups is 4. The monoisotopic (exact) mass is 529 g/mol. The second kappa shape index (κ2) is 8.93. The molecule has 0 aromatic heterocycles. The van der Waals surface area contributed by atoms with Gasteiger partial charge in [0.05, 0.1) is 16.6 Å². The van der Waals surface area contributed by atoms with Crippen LogP contribution < -0.4 is 4.90 Å². The molecule has 3 atom stereocenters. The Morgan fingerprint density at radius 2 is 1.62 bits per heavy atom. The number of fused-ring (bicyclic) bond motifs is 3. The summed E-state index contributed by atoms with van der Waals surface area (Å²) in [6.45, 7) is 4.17. The molecule has 3 N–H and O–H groups in total. The van der Waals surface area contributed by atoms with Crippen LogP contribution in [0.25, 0.3) is 16.9 Å². The highest BCUT2D eigenvalue weighted by Gasteiger charge is 2.58. The molecular weight excluding hydrogens is 498 g/mol. The Labute approximate surface area is 226 Å². The van der Waals surface area contributed by atoms with Crippen LogP contribution in [0.5, 0.6) is 5.75 Å². The summed E-state index contributed by atoms with van der Waals surface area (Å²) in [5.41, 5.74) is 1.36. The maximum absolute atomic E-state index is 14.0. The van der Waals surface area contributed by atoms with E-state index in [0.717, 1.165) is 5.69 Å². The number of phenols is 1. The van der Waals surface area contributed by atoms with Crippen molar-refractivity contribution in [2.75, 3.05) is 19.0 Å². The van der Waals surface area contributed by atoms with Crippen molar-refractivity contribution in [1.82, 2.24) is 0 Å². The number of anilines is 1. The first-order valence-corrected chi connectivity index (χ1v) is 12.9. The van der Waals surface area contributed by atoms with E-state index in [1.54, 1.807) is 24.3 Å². The Morgan fingerprint density at radius 1 is 0.974 bits per heavy atom. The Hall–Kier alpha value is -4.20. The lowest BCUT2D eigenvalue weighted by Crippen LogP contribution is -2.51. The van der Waals surface area contributed by atoms with Gasteiger partial charge < -0.3 is 20.2 Å². The molecular formula is C31H31NO7. The lowest BCUT2D eigenvalue weighted by molar-refractivity contribution is -0.134. The third kappa shape index (κ3) is 3.72. The molecule has 1 saturated carbocycles. The molecule has 3 aliphatic carbocycles. The largest absolute Gasteiger partial charge is 0.510 e. The minimum absolute atomic E-state index is 0.0421. The molecule has 2 aromatic carbocycles. The zero-order chi connectivity index (χ0) is 28.5. The second-order valence-corrected chi connectivity index (χ2v) is 11.2. The minimum Gasteiger partial charge on any atom is -0.510 e. The molecule has 8 nitrogen and oxygen atoms in total. The summed E-state index contributed by atoms with van der Waals surface area (Å²) >= 11 is 0. The summed E-state index contributed by atoms with van der Waals surface area (Å²) in [6.07, 6.45) is 0.652. The molecule has 0 radical (unpaired) electrons. The van der Waals surface area contributed by atoms with Gasteiger partial charge in [0.25, 0.3) is 0 Å². The van der Waals surface area contributed by atoms with Crippen LogP contribution in [0.2, 0.25) is 0 Å². The molecule has 0 spiro atoms. The third-order valence-corrected chi connectivity index (χ3v) is 8.71. The first-order valence-electron chi connectivity index (χ1n) is 12.9. The van der Waals surface area contributed by atoms with Crippen molar-refractivity contribution in [2.45, 2.75) is 40.0 Å². The average molecular weight is 530 g/mol. The van der Waals surface area contributed by atoms with Crippen molar-refractivity contribution < 1.29 is 34.5 Å². The maximum atomic E-state index is 14.0. The van der Waals surface area contributed by atoms with Crippen LogP contribution in [0.1, 0.15) is 55.1 Å². The van der Waals surface area contributed by atoms with Crippen molar-refractivity contribution in [1.29, 1.82) is 0 Å². The lowest BCUT2D eigenvalue weighted by atomic mass is 9.54. The van der Waals surface area contributed by atoms with Crippen molar-refractivity contribution in [3.8, 4) is 16.9 Å². The number of nitrogens with zero attached hydrogens (tertiary/aromatic N) is 1. The molecule has 202 valence electrons. The molecule has 0 unspecified atom stereocenters. The van der Waals surface area contributed by atoms with Gasteiger partial charge in [-0.2, -0.15) is 0 Å². The number of aliphatic hydroxyl groups excluding tert-OH is 2. The van der Waals surface area contributed by atoms with Gasteiger partial charge >= 0.3 is 0 Å². The quantitative estimate of drug-likeness (QED) is 0.382. The standard InChI is InChI=1S/C31H31NO7/c1-14(33)16-6-8-17(9-7-16)20-13-22(32(4)5)21-11-18-10-19-12-23(35)24(15(2)34)29(38)31(19,3)30(39)25(18)28(37)26(21)27(20)36/h6-9,13,18-19,36-38H,10-12H2,1-5H3/t18-,19+,31+/m1/s1. The predicted molar refractivity (Wildman–Crippen MR) is 146 cm³/mol. The number of phenolic OH excluding ortho intramolecular Hbond substituents is 1. The fourth-order valence-electron chi connectivity index (χ4n) is 6.55. The van der Waals surface area contributed by atoms with E-state index in [4.69, 9.17) is 0 Å². The Bertz CT molecular complexity index is 1540. The summed E-state index contributed by atoms with van der Waals surface area (Å²) in [6, 6.07) is 8.59. The molecule has 0 heterocycles. The number of rotatable bonds is 4. The number of hydrogen-bond donors (Lipinski definition) is 3. The molecule has 5 rings (SSSR count). The molecule has 2 aromatic rings. The van der Waals surface area contributed by atoms with E-state index in [1.165, 1.54) is 20.8 Å². The van der Waals surface area contributed by atoms with Gasteiger partial charge in [-0.15, -0.1) is 0 Å². The van der Waals surface area contributed by atoms with Crippen LogP contribution in [-0.4, -0.2) is 52.5 Å². The van der Waals surface area contributed by atoms with Gasteiger partial charge in [0.15, 0.2) is 23.1 Å². The molecule has 39 heavy (non-hydrogen) atoms. The summed E-state index contributed by atoms with van der Waals surface area (Å²) in [5, 5.41) is 34.2. The van der Waals surface area contributed by atoms with Crippen molar-refractivity contribution >= 4 is 34.6 Å². The lowest BCUT2D eigenvalue weighted by Gasteiger charge is -2.47. The summed E-state index contributed by atoms with van der Waals surface area (Å²) < 4.78 is 0. The normalized spacial score (nSPS) is 24.2. The number of ketones is 4. The minimum atomic E-state index is -1.54. The van der Waals surface area contributed by atoms with Gasteiger partial charge in [0, 0.05) is 42.9 Å².